The van der Waals surface area contributed by atoms with Crippen molar-refractivity contribution in [3.05, 3.63) is 53.3 Å². The molecule has 1 amide bonds. The Kier molecular flexibility index (Phi) is 10.6. The summed E-state index contributed by atoms with van der Waals surface area (Å²) in [6, 6.07) is 8.38. The summed E-state index contributed by atoms with van der Waals surface area (Å²) in [5.41, 5.74) is 0.939. The molecule has 0 aliphatic rings. The van der Waals surface area contributed by atoms with Gasteiger partial charge in [0.25, 0.3) is 10.0 Å². The van der Waals surface area contributed by atoms with E-state index in [4.69, 9.17) is 14.2 Å². The predicted molar refractivity (Wildman–Crippen MR) is 167 cm³/mol. The average molecular weight is 629 g/mol. The molecule has 13 nitrogen and oxygen atoms in total. The van der Waals surface area contributed by atoms with Crippen LogP contribution in [0.15, 0.2) is 52.7 Å². The fourth-order valence-electron chi connectivity index (χ4n) is 4.57. The molecule has 0 atom stereocenters. The molecule has 44 heavy (non-hydrogen) atoms. The quantitative estimate of drug-likeness (QED) is 0.177. The Morgan fingerprint density at radius 2 is 1.52 bits per heavy atom. The third-order valence-electron chi connectivity index (χ3n) is 6.84. The lowest BCUT2D eigenvalue weighted by molar-refractivity contribution is -0.118. The maximum atomic E-state index is 13.2. The van der Waals surface area contributed by atoms with Crippen molar-refractivity contribution >= 4 is 32.7 Å². The first-order valence-electron chi connectivity index (χ1n) is 14.5. The van der Waals surface area contributed by atoms with E-state index in [0.29, 0.717) is 48.0 Å². The van der Waals surface area contributed by atoms with Crippen LogP contribution in [0.4, 0.5) is 5.69 Å². The molecule has 238 valence electrons. The number of fused-ring (bicyclic) bond motifs is 1. The van der Waals surface area contributed by atoms with Crippen LogP contribution in [0, 0.1) is 0 Å². The molecule has 0 fully saturated rings. The molecule has 2 heterocycles. The number of unbranched alkanes of at least 4 members (excludes halogenated alkanes) is 3. The van der Waals surface area contributed by atoms with E-state index in [0.717, 1.165) is 32.1 Å². The number of nitrogens with zero attached hydrogens (tertiary/aromatic N) is 4. The first kappa shape index (κ1) is 32.5. The number of carbonyl (C=O) groups is 1. The molecule has 2 aromatic heterocycles. The molecular weight excluding hydrogens is 588 g/mol. The first-order valence-corrected chi connectivity index (χ1v) is 16.0. The second-order valence-corrected chi connectivity index (χ2v) is 12.2. The zero-order valence-corrected chi connectivity index (χ0v) is 26.6. The van der Waals surface area contributed by atoms with Crippen LogP contribution in [0.3, 0.4) is 0 Å². The Hall–Kier alpha value is -4.46. The molecule has 4 aromatic rings. The SMILES string of the molecule is CCCOc1cc(OCCCCCCNC(C)=O)cc(Oc2cc3c(cc2NS(=O)(=O)c2cn(C)cn2)n(C)c(=O)n3C)c1. The largest absolute Gasteiger partial charge is 0.493 e. The van der Waals surface area contributed by atoms with Crippen molar-refractivity contribution in [3.63, 3.8) is 0 Å². The number of benzene rings is 2. The van der Waals surface area contributed by atoms with Gasteiger partial charge in [0.15, 0.2) is 10.8 Å². The number of ether oxygens (including phenoxy) is 3. The molecule has 0 spiro atoms. The molecular formula is C30H40N6O7S. The predicted octanol–water partition coefficient (Wildman–Crippen LogP) is 4.07. The van der Waals surface area contributed by atoms with Crippen LogP contribution in [0.5, 0.6) is 23.0 Å². The Balaban J connectivity index is 1.60. The van der Waals surface area contributed by atoms with E-state index in [1.54, 1.807) is 51.5 Å². The van der Waals surface area contributed by atoms with Crippen molar-refractivity contribution in [2.75, 3.05) is 24.5 Å². The summed E-state index contributed by atoms with van der Waals surface area (Å²) >= 11 is 0. The standard InChI is InChI=1S/C30H40N6O7S/c1-6-12-41-22-14-23(42-13-10-8-7-9-11-31-21(2)37)16-24(15-22)43-28-18-27-26(35(4)30(38)36(27)5)17-25(28)33-44(39,40)29-19-34(3)20-32-29/h14-20,33H,6-13H2,1-5H3,(H,31,37). The van der Waals surface area contributed by atoms with Crippen molar-refractivity contribution in [2.45, 2.75) is 51.0 Å². The number of aromatic nitrogens is 4. The van der Waals surface area contributed by atoms with Gasteiger partial charge in [-0.25, -0.2) is 9.78 Å². The molecule has 0 saturated heterocycles. The minimum Gasteiger partial charge on any atom is -0.493 e. The van der Waals surface area contributed by atoms with Crippen LogP contribution >= 0.6 is 0 Å². The fourth-order valence-corrected chi connectivity index (χ4v) is 5.61. The van der Waals surface area contributed by atoms with Gasteiger partial charge in [0.05, 0.1) is 36.3 Å². The van der Waals surface area contributed by atoms with Crippen LogP contribution in [-0.4, -0.2) is 52.8 Å². The normalized spacial score (nSPS) is 11.5. The molecule has 2 N–H and O–H groups in total. The van der Waals surface area contributed by atoms with E-state index < -0.39 is 10.0 Å². The van der Waals surface area contributed by atoms with Gasteiger partial charge in [0, 0.05) is 65.1 Å². The Labute approximate surface area is 256 Å². The Morgan fingerprint density at radius 1 is 0.886 bits per heavy atom. The summed E-state index contributed by atoms with van der Waals surface area (Å²) < 4.78 is 51.7. The van der Waals surface area contributed by atoms with E-state index >= 15 is 0 Å². The fraction of sp³-hybridized carbons (Fsp3) is 0.433. The summed E-state index contributed by atoms with van der Waals surface area (Å²) in [4.78, 5) is 27.6. The van der Waals surface area contributed by atoms with Gasteiger partial charge in [-0.05, 0) is 25.3 Å². The summed E-state index contributed by atoms with van der Waals surface area (Å²) in [5, 5.41) is 2.64. The number of nitrogens with one attached hydrogen (secondary N) is 2. The number of carbonyl (C=O) groups excluding carboxylic acids is 1. The lowest BCUT2D eigenvalue weighted by Gasteiger charge is -2.16. The number of aryl methyl sites for hydroxylation is 3. The number of anilines is 1. The number of amides is 1. The van der Waals surface area contributed by atoms with Crippen LogP contribution in [-0.2, 0) is 36.0 Å². The van der Waals surface area contributed by atoms with Gasteiger partial charge in [0.1, 0.15) is 17.2 Å². The third kappa shape index (κ3) is 8.13. The van der Waals surface area contributed by atoms with E-state index in [1.807, 2.05) is 6.92 Å². The van der Waals surface area contributed by atoms with Gasteiger partial charge in [-0.15, -0.1) is 0 Å². The Morgan fingerprint density at radius 3 is 2.16 bits per heavy atom. The van der Waals surface area contributed by atoms with Crippen molar-refractivity contribution in [2.24, 2.45) is 21.1 Å². The lowest BCUT2D eigenvalue weighted by Crippen LogP contribution is -2.20. The van der Waals surface area contributed by atoms with Crippen molar-refractivity contribution < 1.29 is 27.4 Å². The van der Waals surface area contributed by atoms with Crippen LogP contribution < -0.4 is 29.9 Å². The molecule has 0 aliphatic carbocycles. The molecule has 14 heteroatoms. The number of sulfonamides is 1. The monoisotopic (exact) mass is 628 g/mol. The van der Waals surface area contributed by atoms with Gasteiger partial charge in [-0.1, -0.05) is 19.8 Å². The number of hydrogen-bond acceptors (Lipinski definition) is 8. The number of hydrogen-bond donors (Lipinski definition) is 2. The average Bonchev–Trinajstić information content (AvgIpc) is 3.51. The van der Waals surface area contributed by atoms with Gasteiger partial charge in [0.2, 0.25) is 5.91 Å². The van der Waals surface area contributed by atoms with Gasteiger partial charge < -0.3 is 24.1 Å². The van der Waals surface area contributed by atoms with Crippen LogP contribution in [0.1, 0.15) is 46.0 Å². The molecule has 0 unspecified atom stereocenters. The summed E-state index contributed by atoms with van der Waals surface area (Å²) in [7, 11) is 0.851. The van der Waals surface area contributed by atoms with E-state index in [9.17, 15) is 18.0 Å². The van der Waals surface area contributed by atoms with Crippen LogP contribution in [0.2, 0.25) is 0 Å². The summed E-state index contributed by atoms with van der Waals surface area (Å²) in [5.74, 6) is 1.59. The third-order valence-corrected chi connectivity index (χ3v) is 8.09. The van der Waals surface area contributed by atoms with E-state index in [1.165, 1.54) is 33.1 Å². The van der Waals surface area contributed by atoms with Gasteiger partial charge in [-0.2, -0.15) is 8.42 Å². The zero-order valence-electron chi connectivity index (χ0n) is 25.8. The molecule has 0 bridgehead atoms. The first-order chi connectivity index (χ1) is 21.0. The molecule has 4 rings (SSSR count). The highest BCUT2D eigenvalue weighted by Gasteiger charge is 2.22. The number of rotatable bonds is 16. The molecule has 2 aromatic carbocycles. The lowest BCUT2D eigenvalue weighted by atomic mass is 10.2. The van der Waals surface area contributed by atoms with Gasteiger partial charge in [-0.3, -0.25) is 18.7 Å². The summed E-state index contributed by atoms with van der Waals surface area (Å²) in [6.07, 6.45) is 7.24. The number of imidazole rings is 2. The molecule has 0 aliphatic heterocycles. The minimum atomic E-state index is -4.07. The molecule has 0 saturated carbocycles. The maximum Gasteiger partial charge on any atom is 0.328 e. The zero-order chi connectivity index (χ0) is 31.9. The topological polar surface area (TPSA) is 148 Å². The van der Waals surface area contributed by atoms with Crippen molar-refractivity contribution in [3.8, 4) is 23.0 Å². The van der Waals surface area contributed by atoms with E-state index in [-0.39, 0.29) is 28.1 Å². The van der Waals surface area contributed by atoms with E-state index in [2.05, 4.69) is 15.0 Å². The highest BCUT2D eigenvalue weighted by Crippen LogP contribution is 2.37. The smallest absolute Gasteiger partial charge is 0.328 e. The van der Waals surface area contributed by atoms with Crippen LogP contribution in [0.25, 0.3) is 11.0 Å². The molecule has 0 radical (unpaired) electrons. The van der Waals surface area contributed by atoms with Crippen molar-refractivity contribution in [1.82, 2.24) is 24.0 Å². The highest BCUT2D eigenvalue weighted by molar-refractivity contribution is 7.92. The summed E-state index contributed by atoms with van der Waals surface area (Å²) in [6.45, 7) is 5.14. The minimum absolute atomic E-state index is 0.0259. The highest BCUT2D eigenvalue weighted by atomic mass is 32.2. The second-order valence-electron chi connectivity index (χ2n) is 10.6. The van der Waals surface area contributed by atoms with Gasteiger partial charge >= 0.3 is 5.69 Å². The Bertz CT molecular complexity index is 1770. The second kappa shape index (κ2) is 14.3. The maximum absolute atomic E-state index is 13.2. The van der Waals surface area contributed by atoms with Crippen molar-refractivity contribution in [1.29, 1.82) is 0 Å².